The van der Waals surface area contributed by atoms with Crippen molar-refractivity contribution >= 4 is 15.9 Å². The summed E-state index contributed by atoms with van der Waals surface area (Å²) in [7, 11) is 0. The SMILES string of the molecule is CCN(Cc1ccc(F)c(Br)c1)CC(C)(C)CN. The van der Waals surface area contributed by atoms with Crippen LogP contribution in [0.1, 0.15) is 26.3 Å². The van der Waals surface area contributed by atoms with Crippen LogP contribution >= 0.6 is 15.9 Å². The molecule has 0 bridgehead atoms. The number of nitrogens with two attached hydrogens (primary N) is 1. The van der Waals surface area contributed by atoms with Gasteiger partial charge in [-0.1, -0.05) is 26.8 Å². The fourth-order valence-electron chi connectivity index (χ4n) is 1.85. The summed E-state index contributed by atoms with van der Waals surface area (Å²) < 4.78 is 13.7. The fraction of sp³-hybridized carbons (Fsp3) is 0.571. The highest BCUT2D eigenvalue weighted by Crippen LogP contribution is 2.20. The lowest BCUT2D eigenvalue weighted by Crippen LogP contribution is -2.38. The van der Waals surface area contributed by atoms with E-state index in [4.69, 9.17) is 5.73 Å². The molecule has 0 spiro atoms. The molecule has 2 N–H and O–H groups in total. The average molecular weight is 317 g/mol. The molecule has 0 saturated heterocycles. The van der Waals surface area contributed by atoms with Crippen LogP contribution in [0, 0.1) is 11.2 Å². The smallest absolute Gasteiger partial charge is 0.137 e. The summed E-state index contributed by atoms with van der Waals surface area (Å²) in [5.41, 5.74) is 6.98. The van der Waals surface area contributed by atoms with Crippen LogP contribution in [0.15, 0.2) is 22.7 Å². The van der Waals surface area contributed by atoms with Crippen LogP contribution in [0.2, 0.25) is 0 Å². The highest BCUT2D eigenvalue weighted by Gasteiger charge is 2.19. The molecule has 2 nitrogen and oxygen atoms in total. The topological polar surface area (TPSA) is 29.3 Å². The van der Waals surface area contributed by atoms with Gasteiger partial charge in [-0.25, -0.2) is 4.39 Å². The van der Waals surface area contributed by atoms with Gasteiger partial charge in [0.25, 0.3) is 0 Å². The molecule has 0 saturated carbocycles. The molecule has 0 aliphatic heterocycles. The van der Waals surface area contributed by atoms with Crippen molar-refractivity contribution in [3.63, 3.8) is 0 Å². The van der Waals surface area contributed by atoms with Gasteiger partial charge in [0.05, 0.1) is 4.47 Å². The molecule has 0 aromatic heterocycles. The Balaban J connectivity index is 2.71. The van der Waals surface area contributed by atoms with Gasteiger partial charge in [0.2, 0.25) is 0 Å². The Kier molecular flexibility index (Phi) is 5.76. The maximum atomic E-state index is 13.2. The van der Waals surface area contributed by atoms with E-state index in [-0.39, 0.29) is 11.2 Å². The van der Waals surface area contributed by atoms with Crippen LogP contribution in [-0.2, 0) is 6.54 Å². The zero-order valence-electron chi connectivity index (χ0n) is 11.3. The van der Waals surface area contributed by atoms with E-state index in [9.17, 15) is 4.39 Å². The van der Waals surface area contributed by atoms with Crippen molar-refractivity contribution < 1.29 is 4.39 Å². The minimum absolute atomic E-state index is 0.104. The highest BCUT2D eigenvalue weighted by atomic mass is 79.9. The molecule has 0 atom stereocenters. The first-order chi connectivity index (χ1) is 8.38. The number of rotatable bonds is 6. The molecule has 1 aromatic carbocycles. The monoisotopic (exact) mass is 316 g/mol. The van der Waals surface area contributed by atoms with Gasteiger partial charge in [-0.05, 0) is 52.1 Å². The standard InChI is InChI=1S/C14H22BrFN2/c1-4-18(10-14(2,3)9-17)8-11-5-6-13(16)12(15)7-11/h5-7H,4,8-10,17H2,1-3H3. The van der Waals surface area contributed by atoms with Gasteiger partial charge in [-0.15, -0.1) is 0 Å². The summed E-state index contributed by atoms with van der Waals surface area (Å²) in [6, 6.07) is 5.17. The second-order valence-electron chi connectivity index (χ2n) is 5.42. The van der Waals surface area contributed by atoms with E-state index in [1.165, 1.54) is 6.07 Å². The van der Waals surface area contributed by atoms with Gasteiger partial charge in [0.15, 0.2) is 0 Å². The predicted molar refractivity (Wildman–Crippen MR) is 77.9 cm³/mol. The quantitative estimate of drug-likeness (QED) is 0.871. The number of halogens is 2. The Bertz CT molecular complexity index is 393. The number of hydrogen-bond donors (Lipinski definition) is 1. The molecular weight excluding hydrogens is 295 g/mol. The summed E-state index contributed by atoms with van der Waals surface area (Å²) in [5.74, 6) is -0.218. The Morgan fingerprint density at radius 3 is 2.56 bits per heavy atom. The van der Waals surface area contributed by atoms with Gasteiger partial charge in [0, 0.05) is 13.1 Å². The Hall–Kier alpha value is -0.450. The van der Waals surface area contributed by atoms with Crippen molar-refractivity contribution in [1.29, 1.82) is 0 Å². The zero-order valence-corrected chi connectivity index (χ0v) is 12.9. The normalized spacial score (nSPS) is 12.2. The van der Waals surface area contributed by atoms with Gasteiger partial charge >= 0.3 is 0 Å². The Morgan fingerprint density at radius 1 is 1.39 bits per heavy atom. The third-order valence-corrected chi connectivity index (χ3v) is 3.65. The lowest BCUT2D eigenvalue weighted by atomic mass is 9.93. The maximum Gasteiger partial charge on any atom is 0.137 e. The first kappa shape index (κ1) is 15.6. The molecule has 0 radical (unpaired) electrons. The van der Waals surface area contributed by atoms with Crippen molar-refractivity contribution in [3.05, 3.63) is 34.1 Å². The van der Waals surface area contributed by atoms with Crippen molar-refractivity contribution in [2.45, 2.75) is 27.3 Å². The van der Waals surface area contributed by atoms with E-state index in [1.54, 1.807) is 0 Å². The van der Waals surface area contributed by atoms with Crippen LogP contribution in [0.5, 0.6) is 0 Å². The first-order valence-electron chi connectivity index (χ1n) is 6.24. The maximum absolute atomic E-state index is 13.2. The first-order valence-corrected chi connectivity index (χ1v) is 7.03. The number of benzene rings is 1. The molecule has 1 aromatic rings. The molecule has 0 aliphatic rings. The number of hydrogen-bond acceptors (Lipinski definition) is 2. The molecule has 4 heteroatoms. The molecule has 1 rings (SSSR count). The molecule has 0 heterocycles. The van der Waals surface area contributed by atoms with Crippen LogP contribution in [0.4, 0.5) is 4.39 Å². The van der Waals surface area contributed by atoms with Crippen LogP contribution in [0.3, 0.4) is 0 Å². The van der Waals surface area contributed by atoms with Crippen LogP contribution in [-0.4, -0.2) is 24.5 Å². The minimum Gasteiger partial charge on any atom is -0.330 e. The molecular formula is C14H22BrFN2. The van der Waals surface area contributed by atoms with Gasteiger partial charge < -0.3 is 5.73 Å². The summed E-state index contributed by atoms with van der Waals surface area (Å²) in [6.07, 6.45) is 0. The predicted octanol–water partition coefficient (Wildman–Crippen LogP) is 3.40. The largest absolute Gasteiger partial charge is 0.330 e. The second-order valence-corrected chi connectivity index (χ2v) is 6.27. The summed E-state index contributed by atoms with van der Waals surface area (Å²) in [4.78, 5) is 2.33. The second kappa shape index (κ2) is 6.64. The Morgan fingerprint density at radius 2 is 2.06 bits per heavy atom. The van der Waals surface area contributed by atoms with Crippen molar-refractivity contribution in [1.82, 2.24) is 4.90 Å². The van der Waals surface area contributed by atoms with Crippen LogP contribution in [0.25, 0.3) is 0 Å². The van der Waals surface area contributed by atoms with Gasteiger partial charge in [-0.3, -0.25) is 4.90 Å². The lowest BCUT2D eigenvalue weighted by molar-refractivity contribution is 0.183. The van der Waals surface area contributed by atoms with E-state index in [0.717, 1.165) is 25.2 Å². The Labute approximate surface area is 117 Å². The van der Waals surface area contributed by atoms with E-state index in [0.29, 0.717) is 11.0 Å². The van der Waals surface area contributed by atoms with E-state index >= 15 is 0 Å². The molecule has 0 amide bonds. The number of nitrogens with zero attached hydrogens (tertiary/aromatic N) is 1. The third-order valence-electron chi connectivity index (χ3n) is 3.04. The van der Waals surface area contributed by atoms with Gasteiger partial charge in [0.1, 0.15) is 5.82 Å². The van der Waals surface area contributed by atoms with Crippen molar-refractivity contribution in [2.75, 3.05) is 19.6 Å². The van der Waals surface area contributed by atoms with E-state index in [1.807, 2.05) is 12.1 Å². The molecule has 18 heavy (non-hydrogen) atoms. The fourth-order valence-corrected chi connectivity index (χ4v) is 2.27. The van der Waals surface area contributed by atoms with E-state index < -0.39 is 0 Å². The third kappa shape index (κ3) is 4.67. The molecule has 0 aliphatic carbocycles. The molecule has 0 fully saturated rings. The summed E-state index contributed by atoms with van der Waals surface area (Å²) >= 11 is 3.22. The summed E-state index contributed by atoms with van der Waals surface area (Å²) in [6.45, 7) is 9.83. The van der Waals surface area contributed by atoms with Crippen LogP contribution < -0.4 is 5.73 Å². The molecule has 0 unspecified atom stereocenters. The zero-order chi connectivity index (χ0) is 13.8. The summed E-state index contributed by atoms with van der Waals surface area (Å²) in [5, 5.41) is 0. The minimum atomic E-state index is -0.218. The molecule has 102 valence electrons. The highest BCUT2D eigenvalue weighted by molar-refractivity contribution is 9.10. The van der Waals surface area contributed by atoms with E-state index in [2.05, 4.69) is 41.6 Å². The lowest BCUT2D eigenvalue weighted by Gasteiger charge is -2.31. The van der Waals surface area contributed by atoms with Crippen molar-refractivity contribution in [2.24, 2.45) is 11.1 Å². The van der Waals surface area contributed by atoms with Gasteiger partial charge in [-0.2, -0.15) is 0 Å². The van der Waals surface area contributed by atoms with Crippen molar-refractivity contribution in [3.8, 4) is 0 Å². The average Bonchev–Trinajstić information content (AvgIpc) is 2.33.